The van der Waals surface area contributed by atoms with Crippen molar-refractivity contribution in [3.05, 3.63) is 95.3 Å². The van der Waals surface area contributed by atoms with Gasteiger partial charge in [-0.05, 0) is 42.5 Å². The first-order valence-electron chi connectivity index (χ1n) is 8.99. The van der Waals surface area contributed by atoms with E-state index in [-0.39, 0.29) is 17.7 Å². The number of rotatable bonds is 4. The van der Waals surface area contributed by atoms with Crippen molar-refractivity contribution >= 4 is 21.5 Å². The van der Waals surface area contributed by atoms with Crippen LogP contribution < -0.4 is 5.32 Å². The van der Waals surface area contributed by atoms with Crippen LogP contribution in [0.1, 0.15) is 16.7 Å². The van der Waals surface area contributed by atoms with Gasteiger partial charge in [0.05, 0.1) is 16.0 Å². The first-order chi connectivity index (χ1) is 15.3. The average molecular weight is 490 g/mol. The molecule has 0 bridgehead atoms. The van der Waals surface area contributed by atoms with E-state index in [0.717, 1.165) is 30.3 Å². The van der Waals surface area contributed by atoms with Gasteiger partial charge in [-0.3, -0.25) is 0 Å². The van der Waals surface area contributed by atoms with Crippen molar-refractivity contribution in [1.82, 2.24) is 0 Å². The molecule has 0 saturated heterocycles. The van der Waals surface area contributed by atoms with E-state index in [9.17, 15) is 39.2 Å². The van der Waals surface area contributed by atoms with Crippen LogP contribution in [0.25, 0.3) is 0 Å². The highest BCUT2D eigenvalue weighted by molar-refractivity contribution is 7.90. The number of hydrogen-bond donors (Lipinski definition) is 1. The molecule has 0 amide bonds. The third-order valence-electron chi connectivity index (χ3n) is 4.26. The summed E-state index contributed by atoms with van der Waals surface area (Å²) in [5.74, 6) is -1.16. The maximum Gasteiger partial charge on any atom is 0.417 e. The third kappa shape index (κ3) is 5.89. The number of sulfonamides is 1. The SMILES string of the molecule is O=S(=O)(/N=C(\Nc1ccc(C(F)(F)F)c(C(F)(F)F)c1)c1ccccc1)c1ccc(F)cc1. The van der Waals surface area contributed by atoms with Gasteiger partial charge in [-0.15, -0.1) is 4.40 Å². The summed E-state index contributed by atoms with van der Waals surface area (Å²) in [6.45, 7) is 0. The molecule has 174 valence electrons. The van der Waals surface area contributed by atoms with Gasteiger partial charge in [0.1, 0.15) is 5.82 Å². The predicted octanol–water partition coefficient (Wildman–Crippen LogP) is 6.11. The summed E-state index contributed by atoms with van der Waals surface area (Å²) in [5, 5.41) is 2.35. The van der Waals surface area contributed by atoms with Crippen molar-refractivity contribution in [3.63, 3.8) is 0 Å². The van der Waals surface area contributed by atoms with E-state index < -0.39 is 55.7 Å². The van der Waals surface area contributed by atoms with Crippen LogP contribution in [0.2, 0.25) is 0 Å². The number of nitrogens with zero attached hydrogens (tertiary/aromatic N) is 1. The molecular formula is C21H13F7N2O2S. The van der Waals surface area contributed by atoms with E-state index in [4.69, 9.17) is 0 Å². The van der Waals surface area contributed by atoms with Crippen molar-refractivity contribution in [3.8, 4) is 0 Å². The molecule has 3 rings (SSSR count). The first-order valence-corrected chi connectivity index (χ1v) is 10.4. The van der Waals surface area contributed by atoms with Crippen LogP contribution in [0.5, 0.6) is 0 Å². The summed E-state index contributed by atoms with van der Waals surface area (Å²) in [5.41, 5.74) is -4.20. The summed E-state index contributed by atoms with van der Waals surface area (Å²) in [6.07, 6.45) is -10.6. The molecule has 0 aliphatic rings. The fraction of sp³-hybridized carbons (Fsp3) is 0.0952. The van der Waals surface area contributed by atoms with E-state index >= 15 is 0 Å². The molecule has 0 heterocycles. The molecule has 0 fully saturated rings. The first kappa shape index (κ1) is 24.2. The molecule has 0 radical (unpaired) electrons. The van der Waals surface area contributed by atoms with E-state index in [1.54, 1.807) is 6.07 Å². The van der Waals surface area contributed by atoms with Crippen LogP contribution in [-0.2, 0) is 22.4 Å². The average Bonchev–Trinajstić information content (AvgIpc) is 2.72. The molecule has 12 heteroatoms. The molecule has 0 aliphatic heterocycles. The molecule has 3 aromatic rings. The zero-order chi connectivity index (χ0) is 24.4. The van der Waals surface area contributed by atoms with Crippen LogP contribution in [0.4, 0.5) is 36.4 Å². The lowest BCUT2D eigenvalue weighted by atomic mass is 10.1. The summed E-state index contributed by atoms with van der Waals surface area (Å²) in [7, 11) is -4.46. The molecule has 0 aromatic heterocycles. The molecule has 0 saturated carbocycles. The number of anilines is 1. The quantitative estimate of drug-likeness (QED) is 0.273. The molecule has 0 atom stereocenters. The third-order valence-corrected chi connectivity index (χ3v) is 5.55. The maximum atomic E-state index is 13.3. The maximum absolute atomic E-state index is 13.3. The molecule has 4 nitrogen and oxygen atoms in total. The highest BCUT2D eigenvalue weighted by atomic mass is 32.2. The van der Waals surface area contributed by atoms with Crippen molar-refractivity contribution in [1.29, 1.82) is 0 Å². The summed E-state index contributed by atoms with van der Waals surface area (Å²) in [6, 6.07) is 12.2. The Labute approximate surface area is 183 Å². The topological polar surface area (TPSA) is 58.5 Å². The minimum Gasteiger partial charge on any atom is -0.339 e. The molecule has 0 spiro atoms. The zero-order valence-electron chi connectivity index (χ0n) is 16.2. The lowest BCUT2D eigenvalue weighted by Crippen LogP contribution is -2.19. The largest absolute Gasteiger partial charge is 0.417 e. The number of benzene rings is 3. The lowest BCUT2D eigenvalue weighted by molar-refractivity contribution is -0.162. The van der Waals surface area contributed by atoms with Crippen LogP contribution in [0, 0.1) is 5.82 Å². The van der Waals surface area contributed by atoms with Crippen LogP contribution in [0.3, 0.4) is 0 Å². The monoisotopic (exact) mass is 490 g/mol. The summed E-state index contributed by atoms with van der Waals surface area (Å²) >= 11 is 0. The van der Waals surface area contributed by atoms with E-state index in [0.29, 0.717) is 0 Å². The standard InChI is InChI=1S/C21H13F7N2O2S/c22-14-6-9-16(10-7-14)33(31,32)30-19(13-4-2-1-3-5-13)29-15-8-11-17(20(23,24)25)18(12-15)21(26,27)28/h1-12H,(H,29,30). The van der Waals surface area contributed by atoms with Crippen molar-refractivity contribution in [2.75, 3.05) is 5.32 Å². The van der Waals surface area contributed by atoms with E-state index in [1.165, 1.54) is 24.3 Å². The Morgan fingerprint density at radius 2 is 1.33 bits per heavy atom. The fourth-order valence-electron chi connectivity index (χ4n) is 2.76. The molecule has 33 heavy (non-hydrogen) atoms. The highest BCUT2D eigenvalue weighted by Gasteiger charge is 2.43. The zero-order valence-corrected chi connectivity index (χ0v) is 17.1. The molecule has 3 aromatic carbocycles. The minimum atomic E-state index is -5.33. The Kier molecular flexibility index (Phi) is 6.50. The second-order valence-corrected chi connectivity index (χ2v) is 8.22. The molecule has 0 aliphatic carbocycles. The number of hydrogen-bond acceptors (Lipinski definition) is 2. The van der Waals surface area contributed by atoms with Gasteiger partial charge in [0.25, 0.3) is 10.0 Å². The number of amidine groups is 1. The van der Waals surface area contributed by atoms with Gasteiger partial charge in [-0.25, -0.2) is 4.39 Å². The van der Waals surface area contributed by atoms with E-state index in [2.05, 4.69) is 9.71 Å². The highest BCUT2D eigenvalue weighted by Crippen LogP contribution is 2.41. The van der Waals surface area contributed by atoms with Gasteiger partial charge in [0.15, 0.2) is 5.84 Å². The van der Waals surface area contributed by atoms with Gasteiger partial charge in [-0.1, -0.05) is 30.3 Å². The van der Waals surface area contributed by atoms with Crippen molar-refractivity contribution < 1.29 is 39.2 Å². The Bertz CT molecular complexity index is 1270. The van der Waals surface area contributed by atoms with Crippen molar-refractivity contribution in [2.45, 2.75) is 17.2 Å². The van der Waals surface area contributed by atoms with Crippen LogP contribution in [0.15, 0.2) is 82.1 Å². The Morgan fingerprint density at radius 1 is 0.758 bits per heavy atom. The number of halogens is 7. The van der Waals surface area contributed by atoms with Gasteiger partial charge in [-0.2, -0.15) is 34.8 Å². The van der Waals surface area contributed by atoms with Gasteiger partial charge in [0.2, 0.25) is 0 Å². The smallest absolute Gasteiger partial charge is 0.339 e. The fourth-order valence-corrected chi connectivity index (χ4v) is 3.74. The number of alkyl halides is 6. The predicted molar refractivity (Wildman–Crippen MR) is 107 cm³/mol. The van der Waals surface area contributed by atoms with Crippen molar-refractivity contribution in [2.24, 2.45) is 4.40 Å². The Balaban J connectivity index is 2.11. The van der Waals surface area contributed by atoms with E-state index in [1.807, 2.05) is 0 Å². The number of nitrogens with one attached hydrogen (secondary N) is 1. The summed E-state index contributed by atoms with van der Waals surface area (Å²) < 4.78 is 121. The molecule has 1 N–H and O–H groups in total. The van der Waals surface area contributed by atoms with Gasteiger partial charge < -0.3 is 5.32 Å². The minimum absolute atomic E-state index is 0.122. The molecule has 0 unspecified atom stereocenters. The second-order valence-electron chi connectivity index (χ2n) is 6.62. The normalized spacial score (nSPS) is 13.1. The molecular weight excluding hydrogens is 477 g/mol. The van der Waals surface area contributed by atoms with Crippen LogP contribution >= 0.6 is 0 Å². The van der Waals surface area contributed by atoms with Crippen LogP contribution in [-0.4, -0.2) is 14.3 Å². The summed E-state index contributed by atoms with van der Waals surface area (Å²) in [4.78, 5) is -0.400. The second kappa shape index (κ2) is 8.85. The Hall–Kier alpha value is -3.41. The van der Waals surface area contributed by atoms with Gasteiger partial charge in [0, 0.05) is 11.3 Å². The van der Waals surface area contributed by atoms with Gasteiger partial charge >= 0.3 is 12.4 Å². The lowest BCUT2D eigenvalue weighted by Gasteiger charge is -2.18. The Morgan fingerprint density at radius 3 is 1.88 bits per heavy atom.